The molecule has 0 radical (unpaired) electrons. The number of aromatic nitrogens is 3. The summed E-state index contributed by atoms with van der Waals surface area (Å²) in [5, 5.41) is 16.1. The second kappa shape index (κ2) is 6.93. The lowest BCUT2D eigenvalue weighted by Gasteiger charge is -2.37. The molecule has 0 N–H and O–H groups in total. The van der Waals surface area contributed by atoms with E-state index in [9.17, 15) is 19.7 Å². The van der Waals surface area contributed by atoms with Gasteiger partial charge in [0.05, 0.1) is 10.5 Å². The summed E-state index contributed by atoms with van der Waals surface area (Å²) in [4.78, 5) is 40.4. The smallest absolute Gasteiger partial charge is 0.355 e. The van der Waals surface area contributed by atoms with Gasteiger partial charge in [-0.05, 0) is 23.8 Å². The van der Waals surface area contributed by atoms with Gasteiger partial charge >= 0.3 is 5.97 Å². The number of carbonyl (C=O) groups is 2. The Labute approximate surface area is 162 Å². The SMILES string of the molecule is Cn1cnc(/C=C2/C(=O)N3C(C(=O)OCc4ccc([N+](=O)[O-])cc4)=CSC23)n1. The number of non-ortho nitro benzene ring substituents is 1. The quantitative estimate of drug-likeness (QED) is 0.244. The molecule has 28 heavy (non-hydrogen) atoms. The van der Waals surface area contributed by atoms with Crippen LogP contribution >= 0.6 is 11.8 Å². The van der Waals surface area contributed by atoms with E-state index in [0.29, 0.717) is 17.0 Å². The zero-order valence-corrected chi connectivity index (χ0v) is 15.3. The van der Waals surface area contributed by atoms with Crippen molar-refractivity contribution < 1.29 is 19.2 Å². The molecule has 0 bridgehead atoms. The molecule has 2 aliphatic rings. The third kappa shape index (κ3) is 3.16. The summed E-state index contributed by atoms with van der Waals surface area (Å²) in [6, 6.07) is 5.71. The molecule has 1 unspecified atom stereocenters. The maximum atomic E-state index is 12.4. The molecular formula is C17H13N5O5S. The van der Waals surface area contributed by atoms with Crippen LogP contribution in [0.25, 0.3) is 6.08 Å². The first kappa shape index (κ1) is 17.9. The highest BCUT2D eigenvalue weighted by Gasteiger charge is 2.50. The van der Waals surface area contributed by atoms with Crippen LogP contribution in [0, 0.1) is 10.1 Å². The largest absolute Gasteiger partial charge is 0.456 e. The molecule has 4 rings (SSSR count). The Morgan fingerprint density at radius 2 is 2.14 bits per heavy atom. The molecule has 142 valence electrons. The summed E-state index contributed by atoms with van der Waals surface area (Å²) >= 11 is 1.33. The maximum absolute atomic E-state index is 12.4. The van der Waals surface area contributed by atoms with E-state index >= 15 is 0 Å². The first-order valence-corrected chi connectivity index (χ1v) is 9.05. The summed E-state index contributed by atoms with van der Waals surface area (Å²) in [7, 11) is 1.73. The van der Waals surface area contributed by atoms with Crippen LogP contribution in [0.1, 0.15) is 11.4 Å². The van der Waals surface area contributed by atoms with Crippen molar-refractivity contribution in [3.63, 3.8) is 0 Å². The van der Waals surface area contributed by atoms with Gasteiger partial charge < -0.3 is 4.74 Å². The average Bonchev–Trinajstić information content (AvgIpc) is 3.28. The summed E-state index contributed by atoms with van der Waals surface area (Å²) in [5.41, 5.74) is 1.26. The number of hydrogen-bond donors (Lipinski definition) is 0. The van der Waals surface area contributed by atoms with Crippen molar-refractivity contribution in [1.29, 1.82) is 0 Å². The molecule has 0 saturated carbocycles. The number of nitrogens with zero attached hydrogens (tertiary/aromatic N) is 5. The Morgan fingerprint density at radius 3 is 2.79 bits per heavy atom. The average molecular weight is 399 g/mol. The molecule has 1 atom stereocenters. The fourth-order valence-corrected chi connectivity index (χ4v) is 3.87. The van der Waals surface area contributed by atoms with Gasteiger partial charge in [-0.2, -0.15) is 5.10 Å². The van der Waals surface area contributed by atoms with E-state index in [1.807, 2.05) is 0 Å². The van der Waals surface area contributed by atoms with E-state index in [2.05, 4.69) is 10.1 Å². The highest BCUT2D eigenvalue weighted by atomic mass is 32.2. The van der Waals surface area contributed by atoms with E-state index in [-0.39, 0.29) is 29.3 Å². The van der Waals surface area contributed by atoms with Crippen LogP contribution in [-0.2, 0) is 28.0 Å². The van der Waals surface area contributed by atoms with E-state index in [1.165, 1.54) is 51.9 Å². The molecule has 0 spiro atoms. The van der Waals surface area contributed by atoms with Crippen LogP contribution in [0.5, 0.6) is 0 Å². The van der Waals surface area contributed by atoms with Gasteiger partial charge in [0, 0.05) is 24.6 Å². The van der Waals surface area contributed by atoms with Crippen molar-refractivity contribution in [2.24, 2.45) is 7.05 Å². The molecule has 1 aromatic carbocycles. The molecule has 1 fully saturated rings. The number of esters is 1. The van der Waals surface area contributed by atoms with Gasteiger partial charge in [0.25, 0.3) is 11.6 Å². The number of aryl methyl sites for hydroxylation is 1. The van der Waals surface area contributed by atoms with Gasteiger partial charge in [0.15, 0.2) is 5.82 Å². The maximum Gasteiger partial charge on any atom is 0.355 e. The standard InChI is InChI=1S/C17H13N5O5S/c1-20-9-18-14(19-20)6-12-15(23)21-13(8-28-16(12)21)17(24)27-7-10-2-4-11(5-3-10)22(25)26/h2-6,8-9,16H,7H2,1H3/b12-6-. The molecule has 10 nitrogen and oxygen atoms in total. The molecular weight excluding hydrogens is 386 g/mol. The lowest BCUT2D eigenvalue weighted by atomic mass is 10.0. The molecule has 2 aromatic rings. The van der Waals surface area contributed by atoms with Crippen LogP contribution < -0.4 is 0 Å². The number of hydrogen-bond acceptors (Lipinski definition) is 8. The molecule has 1 saturated heterocycles. The highest BCUT2D eigenvalue weighted by molar-refractivity contribution is 8.03. The Hall–Kier alpha value is -3.47. The normalized spacial score (nSPS) is 19.2. The van der Waals surface area contributed by atoms with Crippen molar-refractivity contribution in [2.45, 2.75) is 12.0 Å². The molecule has 1 aromatic heterocycles. The summed E-state index contributed by atoms with van der Waals surface area (Å²) in [5.74, 6) is -0.488. The topological polar surface area (TPSA) is 120 Å². The molecule has 11 heteroatoms. The van der Waals surface area contributed by atoms with Gasteiger partial charge in [-0.15, -0.1) is 11.8 Å². The molecule has 1 amide bonds. The lowest BCUT2D eigenvalue weighted by molar-refractivity contribution is -0.384. The zero-order chi connectivity index (χ0) is 19.8. The van der Waals surface area contributed by atoms with Crippen molar-refractivity contribution >= 4 is 35.4 Å². The van der Waals surface area contributed by atoms with Gasteiger partial charge in [0.2, 0.25) is 0 Å². The molecule has 0 aliphatic carbocycles. The Bertz CT molecular complexity index is 1040. The fourth-order valence-electron chi connectivity index (χ4n) is 2.76. The van der Waals surface area contributed by atoms with E-state index in [1.54, 1.807) is 18.5 Å². The van der Waals surface area contributed by atoms with E-state index in [0.717, 1.165) is 0 Å². The minimum atomic E-state index is -0.628. The minimum Gasteiger partial charge on any atom is -0.456 e. The van der Waals surface area contributed by atoms with Crippen molar-refractivity contribution in [3.05, 3.63) is 68.8 Å². The van der Waals surface area contributed by atoms with Crippen molar-refractivity contribution in [2.75, 3.05) is 0 Å². The lowest BCUT2D eigenvalue weighted by Crippen LogP contribution is -2.51. The van der Waals surface area contributed by atoms with Crippen LogP contribution in [0.4, 0.5) is 5.69 Å². The van der Waals surface area contributed by atoms with Crippen molar-refractivity contribution in [3.8, 4) is 0 Å². The number of thioether (sulfide) groups is 1. The third-order valence-electron chi connectivity index (χ3n) is 4.16. The number of benzene rings is 1. The number of carbonyl (C=O) groups excluding carboxylic acids is 2. The first-order chi connectivity index (χ1) is 13.4. The van der Waals surface area contributed by atoms with Gasteiger partial charge in [-0.3, -0.25) is 24.5 Å². The summed E-state index contributed by atoms with van der Waals surface area (Å²) < 4.78 is 6.77. The van der Waals surface area contributed by atoms with Gasteiger partial charge in [0.1, 0.15) is 24.0 Å². The summed E-state index contributed by atoms with van der Waals surface area (Å²) in [6.07, 6.45) is 3.14. The first-order valence-electron chi connectivity index (χ1n) is 8.11. The number of ether oxygens (including phenoxy) is 1. The number of fused-ring (bicyclic) bond motifs is 1. The minimum absolute atomic E-state index is 0.0410. The monoisotopic (exact) mass is 399 g/mol. The van der Waals surface area contributed by atoms with Gasteiger partial charge in [-0.1, -0.05) is 0 Å². The van der Waals surface area contributed by atoms with E-state index < -0.39 is 10.9 Å². The molecule has 2 aliphatic heterocycles. The third-order valence-corrected chi connectivity index (χ3v) is 5.24. The Kier molecular flexibility index (Phi) is 4.43. The Balaban J connectivity index is 1.38. The Morgan fingerprint density at radius 1 is 1.39 bits per heavy atom. The van der Waals surface area contributed by atoms with Crippen LogP contribution in [-0.4, -0.2) is 41.8 Å². The number of rotatable bonds is 5. The zero-order valence-electron chi connectivity index (χ0n) is 14.5. The number of nitro groups is 1. The second-order valence-electron chi connectivity index (χ2n) is 6.04. The predicted octanol–water partition coefficient (Wildman–Crippen LogP) is 1.61. The van der Waals surface area contributed by atoms with Crippen LogP contribution in [0.3, 0.4) is 0 Å². The fraction of sp³-hybridized carbons (Fsp3) is 0.176. The van der Waals surface area contributed by atoms with E-state index in [4.69, 9.17) is 4.74 Å². The highest BCUT2D eigenvalue weighted by Crippen LogP contribution is 2.45. The predicted molar refractivity (Wildman–Crippen MR) is 98.2 cm³/mol. The molecule has 3 heterocycles. The number of nitro benzene ring substituents is 1. The summed E-state index contributed by atoms with van der Waals surface area (Å²) in [6.45, 7) is -0.0495. The van der Waals surface area contributed by atoms with Crippen molar-refractivity contribution in [1.82, 2.24) is 19.7 Å². The van der Waals surface area contributed by atoms with Crippen LogP contribution in [0.2, 0.25) is 0 Å². The van der Waals surface area contributed by atoms with Gasteiger partial charge in [-0.25, -0.2) is 9.78 Å². The number of amides is 1. The number of β-lactam (4-membered cyclic amide) rings is 1. The van der Waals surface area contributed by atoms with Crippen LogP contribution in [0.15, 0.2) is 47.3 Å². The second-order valence-corrected chi connectivity index (χ2v) is 7.00.